The number of aromatic nitrogens is 2. The lowest BCUT2D eigenvalue weighted by atomic mass is 10.1. The van der Waals surface area contributed by atoms with E-state index in [4.69, 9.17) is 27.8 Å². The third-order valence-electron chi connectivity index (χ3n) is 3.09. The number of amides is 1. The Kier molecular flexibility index (Phi) is 4.37. The van der Waals surface area contributed by atoms with Crippen LogP contribution in [-0.4, -0.2) is 15.7 Å². The van der Waals surface area contributed by atoms with Crippen molar-refractivity contribution in [2.24, 2.45) is 5.73 Å². The minimum absolute atomic E-state index is 0.178. The summed E-state index contributed by atoms with van der Waals surface area (Å²) in [7, 11) is 0. The van der Waals surface area contributed by atoms with Gasteiger partial charge in [-0.25, -0.2) is 0 Å². The molecule has 4 N–H and O–H groups in total. The second-order valence-corrected chi connectivity index (χ2v) is 4.95. The summed E-state index contributed by atoms with van der Waals surface area (Å²) < 4.78 is 7.43. The number of anilines is 1. The largest absolute Gasteiger partial charge is 0.486 e. The van der Waals surface area contributed by atoms with E-state index in [0.717, 1.165) is 11.4 Å². The van der Waals surface area contributed by atoms with Gasteiger partial charge in [-0.3, -0.25) is 9.48 Å². The number of halogens is 1. The van der Waals surface area contributed by atoms with E-state index in [9.17, 15) is 4.79 Å². The zero-order valence-electron chi connectivity index (χ0n) is 11.9. The van der Waals surface area contributed by atoms with Crippen molar-refractivity contribution >= 4 is 23.2 Å². The van der Waals surface area contributed by atoms with Crippen LogP contribution in [0.5, 0.6) is 5.75 Å². The van der Waals surface area contributed by atoms with Crippen molar-refractivity contribution in [3.8, 4) is 5.75 Å². The molecule has 6 nitrogen and oxygen atoms in total. The number of aryl methyl sites for hydroxylation is 2. The van der Waals surface area contributed by atoms with Crippen molar-refractivity contribution in [1.82, 2.24) is 9.78 Å². The maximum atomic E-state index is 11.4. The summed E-state index contributed by atoms with van der Waals surface area (Å²) in [5, 5.41) is 4.86. The number of carbonyl (C=O) groups is 1. The van der Waals surface area contributed by atoms with Gasteiger partial charge in [-0.1, -0.05) is 11.6 Å². The molecular formula is C14H17ClN4O2. The molecule has 0 aliphatic carbocycles. The highest BCUT2D eigenvalue weighted by Gasteiger charge is 2.15. The van der Waals surface area contributed by atoms with Crippen LogP contribution in [0.25, 0.3) is 0 Å². The van der Waals surface area contributed by atoms with Crippen LogP contribution in [0.15, 0.2) is 18.2 Å². The Morgan fingerprint density at radius 1 is 1.48 bits per heavy atom. The molecule has 2 aromatic rings. The molecular weight excluding hydrogens is 292 g/mol. The molecule has 0 radical (unpaired) electrons. The maximum absolute atomic E-state index is 11.4. The van der Waals surface area contributed by atoms with Crippen LogP contribution in [0.4, 0.5) is 5.69 Å². The van der Waals surface area contributed by atoms with Crippen molar-refractivity contribution in [1.29, 1.82) is 0 Å². The standard InChI is InChI=1S/C14H17ClN4O2/c1-3-19-11(13(15)8(2)18-19)7-21-12-6-9(16)4-5-10(12)14(17)20/h4-6H,3,7,16H2,1-2H3,(H2,17,20). The van der Waals surface area contributed by atoms with Gasteiger partial charge in [0.1, 0.15) is 12.4 Å². The highest BCUT2D eigenvalue weighted by molar-refractivity contribution is 6.31. The highest BCUT2D eigenvalue weighted by Crippen LogP contribution is 2.25. The summed E-state index contributed by atoms with van der Waals surface area (Å²) >= 11 is 6.21. The van der Waals surface area contributed by atoms with Gasteiger partial charge in [-0.05, 0) is 26.0 Å². The topological polar surface area (TPSA) is 96.2 Å². The molecule has 1 heterocycles. The van der Waals surface area contributed by atoms with Crippen molar-refractivity contribution < 1.29 is 9.53 Å². The number of nitrogens with zero attached hydrogens (tertiary/aromatic N) is 2. The smallest absolute Gasteiger partial charge is 0.252 e. The molecule has 1 amide bonds. The Morgan fingerprint density at radius 2 is 2.19 bits per heavy atom. The predicted molar refractivity (Wildman–Crippen MR) is 81.4 cm³/mol. The van der Waals surface area contributed by atoms with Crippen LogP contribution in [0.1, 0.15) is 28.7 Å². The summed E-state index contributed by atoms with van der Waals surface area (Å²) in [4.78, 5) is 11.4. The fourth-order valence-corrected chi connectivity index (χ4v) is 2.20. The Bertz CT molecular complexity index is 682. The Labute approximate surface area is 127 Å². The number of rotatable bonds is 5. The van der Waals surface area contributed by atoms with Gasteiger partial charge in [0.05, 0.1) is 22.0 Å². The van der Waals surface area contributed by atoms with Crippen molar-refractivity contribution in [2.75, 3.05) is 5.73 Å². The summed E-state index contributed by atoms with van der Waals surface area (Å²) in [5.41, 5.74) is 13.3. The van der Waals surface area contributed by atoms with Gasteiger partial charge in [0, 0.05) is 18.3 Å². The highest BCUT2D eigenvalue weighted by atomic mass is 35.5. The number of ether oxygens (including phenoxy) is 1. The van der Waals surface area contributed by atoms with E-state index < -0.39 is 5.91 Å². The van der Waals surface area contributed by atoms with Crippen LogP contribution in [0.3, 0.4) is 0 Å². The third kappa shape index (κ3) is 3.11. The summed E-state index contributed by atoms with van der Waals surface area (Å²) in [6, 6.07) is 4.70. The lowest BCUT2D eigenvalue weighted by Gasteiger charge is -2.11. The van der Waals surface area contributed by atoms with Crippen LogP contribution < -0.4 is 16.2 Å². The van der Waals surface area contributed by atoms with Gasteiger partial charge < -0.3 is 16.2 Å². The molecule has 0 unspecified atom stereocenters. The molecule has 0 aliphatic heterocycles. The molecule has 112 valence electrons. The average Bonchev–Trinajstić information content (AvgIpc) is 2.71. The number of carbonyl (C=O) groups excluding carboxylic acids is 1. The normalized spacial score (nSPS) is 10.6. The Hall–Kier alpha value is -2.21. The first-order chi connectivity index (χ1) is 9.93. The molecule has 0 aliphatic rings. The molecule has 21 heavy (non-hydrogen) atoms. The molecule has 0 spiro atoms. The lowest BCUT2D eigenvalue weighted by molar-refractivity contribution is 0.0996. The van der Waals surface area contributed by atoms with Gasteiger partial charge >= 0.3 is 0 Å². The van der Waals surface area contributed by atoms with E-state index in [0.29, 0.717) is 23.0 Å². The third-order valence-corrected chi connectivity index (χ3v) is 3.58. The van der Waals surface area contributed by atoms with Crippen LogP contribution in [0.2, 0.25) is 5.02 Å². The minimum Gasteiger partial charge on any atom is -0.486 e. The molecule has 7 heteroatoms. The van der Waals surface area contributed by atoms with Gasteiger partial charge in [-0.2, -0.15) is 5.10 Å². The predicted octanol–water partition coefficient (Wildman–Crippen LogP) is 2.12. The van der Waals surface area contributed by atoms with Crippen molar-refractivity contribution in [3.05, 3.63) is 40.2 Å². The zero-order valence-corrected chi connectivity index (χ0v) is 12.6. The van der Waals surface area contributed by atoms with Gasteiger partial charge in [0.2, 0.25) is 0 Å². The SMILES string of the molecule is CCn1nc(C)c(Cl)c1COc1cc(N)ccc1C(N)=O. The number of nitrogen functional groups attached to an aromatic ring is 1. The van der Waals surface area contributed by atoms with Crippen LogP contribution in [0, 0.1) is 6.92 Å². The number of benzene rings is 1. The second-order valence-electron chi connectivity index (χ2n) is 4.57. The van der Waals surface area contributed by atoms with Crippen molar-refractivity contribution in [2.45, 2.75) is 27.0 Å². The monoisotopic (exact) mass is 308 g/mol. The fourth-order valence-electron chi connectivity index (χ4n) is 2.01. The van der Waals surface area contributed by atoms with E-state index in [2.05, 4.69) is 5.10 Å². The first-order valence-electron chi connectivity index (χ1n) is 6.48. The van der Waals surface area contributed by atoms with E-state index in [1.165, 1.54) is 6.07 Å². The first kappa shape index (κ1) is 15.2. The molecule has 0 saturated heterocycles. The summed E-state index contributed by atoms with van der Waals surface area (Å²) in [6.45, 7) is 4.64. The lowest BCUT2D eigenvalue weighted by Crippen LogP contribution is -2.14. The minimum atomic E-state index is -0.573. The molecule has 0 saturated carbocycles. The van der Waals surface area contributed by atoms with Crippen LogP contribution >= 0.6 is 11.6 Å². The molecule has 1 aromatic heterocycles. The number of nitrogens with two attached hydrogens (primary N) is 2. The van der Waals surface area contributed by atoms with E-state index in [1.807, 2.05) is 13.8 Å². The van der Waals surface area contributed by atoms with Crippen molar-refractivity contribution in [3.63, 3.8) is 0 Å². The first-order valence-corrected chi connectivity index (χ1v) is 6.85. The van der Waals surface area contributed by atoms with Gasteiger partial charge in [0.25, 0.3) is 5.91 Å². The summed E-state index contributed by atoms with van der Waals surface area (Å²) in [6.07, 6.45) is 0. The zero-order chi connectivity index (χ0) is 15.6. The van der Waals surface area contributed by atoms with E-state index >= 15 is 0 Å². The second kappa shape index (κ2) is 6.05. The van der Waals surface area contributed by atoms with Gasteiger partial charge in [-0.15, -0.1) is 0 Å². The summed E-state index contributed by atoms with van der Waals surface area (Å²) in [5.74, 6) is -0.239. The quantitative estimate of drug-likeness (QED) is 0.827. The average molecular weight is 309 g/mol. The molecule has 0 atom stereocenters. The molecule has 2 rings (SSSR count). The fraction of sp³-hybridized carbons (Fsp3) is 0.286. The molecule has 0 bridgehead atoms. The van der Waals surface area contributed by atoms with E-state index in [1.54, 1.807) is 16.8 Å². The molecule has 1 aromatic carbocycles. The van der Waals surface area contributed by atoms with Crippen LogP contribution in [-0.2, 0) is 13.2 Å². The Balaban J connectivity index is 2.28. The van der Waals surface area contributed by atoms with E-state index in [-0.39, 0.29) is 12.2 Å². The number of primary amides is 1. The van der Waals surface area contributed by atoms with Gasteiger partial charge in [0.15, 0.2) is 0 Å². The number of hydrogen-bond acceptors (Lipinski definition) is 4. The maximum Gasteiger partial charge on any atom is 0.252 e. The Morgan fingerprint density at radius 3 is 2.81 bits per heavy atom. The molecule has 0 fully saturated rings. The number of hydrogen-bond donors (Lipinski definition) is 2.